The smallest absolute Gasteiger partial charge is 0.282 e. The van der Waals surface area contributed by atoms with Gasteiger partial charge in [-0.05, 0) is 17.7 Å². The summed E-state index contributed by atoms with van der Waals surface area (Å²) < 4.78 is 13.4. The minimum absolute atomic E-state index is 0.0136. The number of rotatable bonds is 6. The van der Waals surface area contributed by atoms with E-state index in [1.165, 1.54) is 12.1 Å². The lowest BCUT2D eigenvalue weighted by molar-refractivity contribution is -0.387. The first kappa shape index (κ1) is 15.2. The van der Waals surface area contributed by atoms with Gasteiger partial charge in [-0.25, -0.2) is 4.39 Å². The zero-order valence-electron chi connectivity index (χ0n) is 11.0. The molecule has 21 heavy (non-hydrogen) atoms. The van der Waals surface area contributed by atoms with E-state index in [1.54, 1.807) is 36.4 Å². The van der Waals surface area contributed by atoms with Gasteiger partial charge in [-0.15, -0.1) is 11.8 Å². The molecule has 0 spiro atoms. The second-order valence-electron chi connectivity index (χ2n) is 4.32. The first-order valence-electron chi connectivity index (χ1n) is 6.19. The maximum Gasteiger partial charge on any atom is 0.282 e. The number of carbonyl (C=O) groups is 1. The van der Waals surface area contributed by atoms with E-state index in [1.807, 2.05) is 0 Å². The van der Waals surface area contributed by atoms with Gasteiger partial charge in [0.1, 0.15) is 11.6 Å². The van der Waals surface area contributed by atoms with Gasteiger partial charge in [0.2, 0.25) is 0 Å². The third-order valence-corrected chi connectivity index (χ3v) is 3.92. The summed E-state index contributed by atoms with van der Waals surface area (Å²) in [4.78, 5) is 22.7. The number of hydrogen-bond donors (Lipinski definition) is 0. The summed E-state index contributed by atoms with van der Waals surface area (Å²) in [5.41, 5.74) is 0.312. The van der Waals surface area contributed by atoms with E-state index < -0.39 is 10.7 Å². The van der Waals surface area contributed by atoms with E-state index in [9.17, 15) is 19.3 Å². The van der Waals surface area contributed by atoms with Crippen molar-refractivity contribution in [2.75, 3.05) is 5.75 Å². The highest BCUT2D eigenvalue weighted by Gasteiger charge is 2.15. The first-order valence-corrected chi connectivity index (χ1v) is 7.18. The van der Waals surface area contributed by atoms with Gasteiger partial charge in [-0.1, -0.05) is 30.3 Å². The number of halogens is 1. The number of nitro benzene ring substituents is 1. The zero-order valence-corrected chi connectivity index (χ0v) is 11.8. The number of ketones is 1. The third-order valence-electron chi connectivity index (χ3n) is 2.80. The summed E-state index contributed by atoms with van der Waals surface area (Å²) >= 11 is 1.09. The Hall–Kier alpha value is -2.21. The molecule has 2 aromatic carbocycles. The fourth-order valence-corrected chi connectivity index (χ4v) is 2.68. The number of thioether (sulfide) groups is 1. The van der Waals surface area contributed by atoms with Crippen molar-refractivity contribution in [2.45, 2.75) is 11.3 Å². The van der Waals surface area contributed by atoms with Crippen LogP contribution in [0.1, 0.15) is 5.56 Å². The average Bonchev–Trinajstić information content (AvgIpc) is 2.48. The summed E-state index contributed by atoms with van der Waals surface area (Å²) in [6.45, 7) is 0. The average molecular weight is 305 g/mol. The Morgan fingerprint density at radius 2 is 1.81 bits per heavy atom. The van der Waals surface area contributed by atoms with Gasteiger partial charge in [0.15, 0.2) is 0 Å². The van der Waals surface area contributed by atoms with Gasteiger partial charge >= 0.3 is 0 Å². The molecule has 0 saturated carbocycles. The van der Waals surface area contributed by atoms with Crippen molar-refractivity contribution in [3.8, 4) is 0 Å². The molecule has 0 aromatic heterocycles. The topological polar surface area (TPSA) is 60.2 Å². The van der Waals surface area contributed by atoms with Crippen molar-refractivity contribution in [3.63, 3.8) is 0 Å². The van der Waals surface area contributed by atoms with Gasteiger partial charge in [0, 0.05) is 12.5 Å². The fraction of sp³-hybridized carbons (Fsp3) is 0.133. The molecule has 0 N–H and O–H groups in total. The summed E-state index contributed by atoms with van der Waals surface area (Å²) in [5, 5.41) is 10.9. The molecule has 6 heteroatoms. The van der Waals surface area contributed by atoms with E-state index in [-0.39, 0.29) is 23.6 Å². The quantitative estimate of drug-likeness (QED) is 0.464. The van der Waals surface area contributed by atoms with Crippen LogP contribution in [0.3, 0.4) is 0 Å². The van der Waals surface area contributed by atoms with Crippen molar-refractivity contribution in [1.29, 1.82) is 0 Å². The number of carbonyl (C=O) groups excluding carboxylic acids is 1. The largest absolute Gasteiger partial charge is 0.298 e. The molecule has 0 bridgehead atoms. The Bertz CT molecular complexity index is 675. The maximum atomic E-state index is 13.4. The van der Waals surface area contributed by atoms with Gasteiger partial charge < -0.3 is 0 Å². The van der Waals surface area contributed by atoms with E-state index >= 15 is 0 Å². The standard InChI is InChI=1S/C15H12FNO3S/c16-13-6-2-1-5-11(13)9-12(18)10-21-15-8-4-3-7-14(15)17(19)20/h1-8H,9-10H2. The molecule has 0 fully saturated rings. The molecule has 0 radical (unpaired) electrons. The van der Waals surface area contributed by atoms with E-state index in [0.29, 0.717) is 10.5 Å². The Labute approximate surface area is 125 Å². The van der Waals surface area contributed by atoms with Crippen LogP contribution >= 0.6 is 11.8 Å². The highest BCUT2D eigenvalue weighted by Crippen LogP contribution is 2.28. The molecule has 0 aliphatic carbocycles. The minimum atomic E-state index is -0.482. The second-order valence-corrected chi connectivity index (χ2v) is 5.34. The number of benzene rings is 2. The van der Waals surface area contributed by atoms with Crippen LogP contribution in [0, 0.1) is 15.9 Å². The van der Waals surface area contributed by atoms with Crippen LogP contribution in [0.4, 0.5) is 10.1 Å². The fourth-order valence-electron chi connectivity index (χ4n) is 1.79. The molecule has 0 aliphatic heterocycles. The minimum Gasteiger partial charge on any atom is -0.298 e. The Morgan fingerprint density at radius 1 is 1.14 bits per heavy atom. The van der Waals surface area contributed by atoms with E-state index in [2.05, 4.69) is 0 Å². The zero-order chi connectivity index (χ0) is 15.2. The number of para-hydroxylation sites is 1. The second kappa shape index (κ2) is 6.99. The van der Waals surface area contributed by atoms with Gasteiger partial charge in [-0.3, -0.25) is 14.9 Å². The van der Waals surface area contributed by atoms with Crippen molar-refractivity contribution >= 4 is 23.2 Å². The lowest BCUT2D eigenvalue weighted by Gasteiger charge is -2.04. The van der Waals surface area contributed by atoms with Crippen LogP contribution in [-0.4, -0.2) is 16.5 Å². The third kappa shape index (κ3) is 4.13. The predicted octanol–water partition coefficient (Wildman–Crippen LogP) is 3.64. The molecular formula is C15H12FNO3S. The molecule has 108 valence electrons. The van der Waals surface area contributed by atoms with Crippen molar-refractivity contribution in [3.05, 3.63) is 70.0 Å². The first-order chi connectivity index (χ1) is 10.1. The van der Waals surface area contributed by atoms with Gasteiger partial charge in [0.25, 0.3) is 5.69 Å². The number of hydrogen-bond acceptors (Lipinski definition) is 4. The molecule has 0 heterocycles. The molecule has 4 nitrogen and oxygen atoms in total. The van der Waals surface area contributed by atoms with Crippen LogP contribution in [0.2, 0.25) is 0 Å². The van der Waals surface area contributed by atoms with E-state index in [0.717, 1.165) is 11.8 Å². The van der Waals surface area contributed by atoms with Crippen LogP contribution in [0.5, 0.6) is 0 Å². The van der Waals surface area contributed by atoms with Crippen molar-refractivity contribution in [1.82, 2.24) is 0 Å². The van der Waals surface area contributed by atoms with Crippen molar-refractivity contribution in [2.24, 2.45) is 0 Å². The molecule has 0 aliphatic rings. The summed E-state index contributed by atoms with van der Waals surface area (Å²) in [7, 11) is 0. The van der Waals surface area contributed by atoms with Gasteiger partial charge in [-0.2, -0.15) is 0 Å². The summed E-state index contributed by atoms with van der Waals surface area (Å²) in [5.74, 6) is -0.524. The molecule has 0 atom stereocenters. The molecule has 0 amide bonds. The summed E-state index contributed by atoms with van der Waals surface area (Å²) in [6.07, 6.45) is -0.0136. The van der Waals surface area contributed by atoms with E-state index in [4.69, 9.17) is 0 Å². The maximum absolute atomic E-state index is 13.4. The van der Waals surface area contributed by atoms with Crippen LogP contribution in [0.25, 0.3) is 0 Å². The van der Waals surface area contributed by atoms with Crippen LogP contribution in [0.15, 0.2) is 53.4 Å². The summed E-state index contributed by atoms with van der Waals surface area (Å²) in [6, 6.07) is 12.3. The number of Topliss-reactive ketones (excluding diaryl/α,β-unsaturated/α-hetero) is 1. The van der Waals surface area contributed by atoms with Crippen LogP contribution in [-0.2, 0) is 11.2 Å². The molecule has 2 aromatic rings. The highest BCUT2D eigenvalue weighted by atomic mass is 32.2. The highest BCUT2D eigenvalue weighted by molar-refractivity contribution is 8.00. The molecule has 0 saturated heterocycles. The lowest BCUT2D eigenvalue weighted by atomic mass is 10.1. The Balaban J connectivity index is 1.99. The predicted molar refractivity (Wildman–Crippen MR) is 78.9 cm³/mol. The number of nitro groups is 1. The Kier molecular flexibility index (Phi) is 5.05. The SMILES string of the molecule is O=C(CSc1ccccc1[N+](=O)[O-])Cc1ccccc1F. The van der Waals surface area contributed by atoms with Crippen LogP contribution < -0.4 is 0 Å². The molecule has 0 unspecified atom stereocenters. The Morgan fingerprint density at radius 3 is 2.52 bits per heavy atom. The van der Waals surface area contributed by atoms with Gasteiger partial charge in [0.05, 0.1) is 15.6 Å². The molecular weight excluding hydrogens is 293 g/mol. The monoisotopic (exact) mass is 305 g/mol. The number of nitrogens with zero attached hydrogens (tertiary/aromatic N) is 1. The normalized spacial score (nSPS) is 10.3. The van der Waals surface area contributed by atoms with Crippen molar-refractivity contribution < 1.29 is 14.1 Å². The molecule has 2 rings (SSSR count). The lowest BCUT2D eigenvalue weighted by Crippen LogP contribution is -2.07.